The van der Waals surface area contributed by atoms with Crippen molar-refractivity contribution in [2.24, 2.45) is 0 Å². The Kier molecular flexibility index (Phi) is 5.78. The van der Waals surface area contributed by atoms with E-state index in [2.05, 4.69) is 4.72 Å². The minimum atomic E-state index is -3.92. The van der Waals surface area contributed by atoms with Crippen LogP contribution in [-0.4, -0.2) is 35.3 Å². The van der Waals surface area contributed by atoms with Gasteiger partial charge in [-0.05, 0) is 48.7 Å². The van der Waals surface area contributed by atoms with Gasteiger partial charge in [0.2, 0.25) is 10.0 Å². The summed E-state index contributed by atoms with van der Waals surface area (Å²) in [6.07, 6.45) is 1.19. The summed E-state index contributed by atoms with van der Waals surface area (Å²) in [5.74, 6) is -1.13. The van der Waals surface area contributed by atoms with Crippen LogP contribution < -0.4 is 9.46 Å². The number of methoxy groups -OCH3 is 1. The normalized spacial score (nSPS) is 16.9. The van der Waals surface area contributed by atoms with E-state index in [4.69, 9.17) is 9.47 Å². The molecule has 1 fully saturated rings. The third-order valence-corrected chi connectivity index (χ3v) is 6.34. The average Bonchev–Trinajstić information content (AvgIpc) is 2.67. The van der Waals surface area contributed by atoms with Crippen molar-refractivity contribution >= 4 is 10.0 Å². The molecule has 146 valence electrons. The van der Waals surface area contributed by atoms with Gasteiger partial charge >= 0.3 is 0 Å². The Labute approximate surface area is 157 Å². The molecule has 1 saturated heterocycles. The molecule has 1 N–H and O–H groups in total. The van der Waals surface area contributed by atoms with E-state index >= 15 is 0 Å². The third-order valence-electron chi connectivity index (χ3n) is 4.94. The lowest BCUT2D eigenvalue weighted by atomic mass is 9.74. The molecule has 0 amide bonds. The number of hydrogen-bond acceptors (Lipinski definition) is 4. The first-order valence-electron chi connectivity index (χ1n) is 8.53. The first-order chi connectivity index (χ1) is 12.9. The smallest absolute Gasteiger partial charge is 0.240 e. The maximum Gasteiger partial charge on any atom is 0.240 e. The van der Waals surface area contributed by atoms with Crippen LogP contribution in [0.4, 0.5) is 8.78 Å². The van der Waals surface area contributed by atoms with Crippen molar-refractivity contribution in [1.29, 1.82) is 0 Å². The lowest BCUT2D eigenvalue weighted by molar-refractivity contribution is 0.0517. The number of rotatable bonds is 6. The van der Waals surface area contributed by atoms with E-state index in [0.717, 1.165) is 11.6 Å². The fourth-order valence-electron chi connectivity index (χ4n) is 3.26. The minimum Gasteiger partial charge on any atom is -0.494 e. The summed E-state index contributed by atoms with van der Waals surface area (Å²) in [6.45, 7) is 1.07. The van der Waals surface area contributed by atoms with Crippen LogP contribution in [0.3, 0.4) is 0 Å². The van der Waals surface area contributed by atoms with Crippen LogP contribution in [0.25, 0.3) is 0 Å². The topological polar surface area (TPSA) is 64.6 Å². The first-order valence-corrected chi connectivity index (χ1v) is 10.0. The fourth-order valence-corrected chi connectivity index (χ4v) is 4.40. The molecule has 2 aromatic rings. The molecule has 0 atom stereocenters. The van der Waals surface area contributed by atoms with Crippen LogP contribution in [0.2, 0.25) is 0 Å². The lowest BCUT2D eigenvalue weighted by Gasteiger charge is -2.37. The molecule has 0 radical (unpaired) electrons. The summed E-state index contributed by atoms with van der Waals surface area (Å²) in [5, 5.41) is 0. The summed E-state index contributed by atoms with van der Waals surface area (Å²) in [7, 11) is -2.61. The largest absolute Gasteiger partial charge is 0.494 e. The van der Waals surface area contributed by atoms with Crippen molar-refractivity contribution in [3.8, 4) is 5.75 Å². The molecular weight excluding hydrogens is 376 g/mol. The Morgan fingerprint density at radius 3 is 2.37 bits per heavy atom. The van der Waals surface area contributed by atoms with Crippen LogP contribution >= 0.6 is 0 Å². The number of hydrogen-bond donors (Lipinski definition) is 1. The second kappa shape index (κ2) is 7.92. The summed E-state index contributed by atoms with van der Waals surface area (Å²) in [6, 6.07) is 9.55. The molecule has 2 aromatic carbocycles. The zero-order chi connectivity index (χ0) is 19.5. The van der Waals surface area contributed by atoms with Gasteiger partial charge in [-0.25, -0.2) is 21.9 Å². The van der Waals surface area contributed by atoms with E-state index in [1.165, 1.54) is 31.4 Å². The molecule has 8 heteroatoms. The minimum absolute atomic E-state index is 0.0267. The van der Waals surface area contributed by atoms with Gasteiger partial charge in [-0.2, -0.15) is 0 Å². The van der Waals surface area contributed by atoms with E-state index in [9.17, 15) is 17.2 Å². The highest BCUT2D eigenvalue weighted by Crippen LogP contribution is 2.35. The molecule has 3 rings (SSSR count). The van der Waals surface area contributed by atoms with Gasteiger partial charge in [-0.15, -0.1) is 0 Å². The second-order valence-electron chi connectivity index (χ2n) is 6.52. The molecule has 5 nitrogen and oxygen atoms in total. The van der Waals surface area contributed by atoms with Gasteiger partial charge in [-0.1, -0.05) is 12.1 Å². The van der Waals surface area contributed by atoms with Crippen molar-refractivity contribution in [3.05, 3.63) is 59.7 Å². The van der Waals surface area contributed by atoms with Crippen LogP contribution in [0.5, 0.6) is 5.75 Å². The number of halogens is 2. The SMILES string of the molecule is COc1ccc(S(=O)(=O)NCC2(c3ccc(F)cc3)CCOCC2)cc1F. The van der Waals surface area contributed by atoms with Crippen molar-refractivity contribution in [1.82, 2.24) is 4.72 Å². The van der Waals surface area contributed by atoms with Gasteiger partial charge in [0.05, 0.1) is 12.0 Å². The maximum absolute atomic E-state index is 13.9. The zero-order valence-corrected chi connectivity index (χ0v) is 15.7. The third kappa shape index (κ3) is 4.28. The molecule has 0 aliphatic carbocycles. The highest BCUT2D eigenvalue weighted by Gasteiger charge is 2.36. The highest BCUT2D eigenvalue weighted by molar-refractivity contribution is 7.89. The number of nitrogens with one attached hydrogen (secondary N) is 1. The van der Waals surface area contributed by atoms with E-state index in [-0.39, 0.29) is 23.0 Å². The Morgan fingerprint density at radius 1 is 1.11 bits per heavy atom. The molecule has 1 aliphatic heterocycles. The molecule has 0 spiro atoms. The molecule has 1 aliphatic rings. The Bertz CT molecular complexity index is 894. The molecule has 0 saturated carbocycles. The van der Waals surface area contributed by atoms with Crippen molar-refractivity contribution in [3.63, 3.8) is 0 Å². The monoisotopic (exact) mass is 397 g/mol. The average molecular weight is 397 g/mol. The first kappa shape index (κ1) is 19.7. The maximum atomic E-state index is 13.9. The molecule has 0 unspecified atom stereocenters. The Hall–Kier alpha value is -2.03. The highest BCUT2D eigenvalue weighted by atomic mass is 32.2. The van der Waals surface area contributed by atoms with Crippen LogP contribution in [0, 0.1) is 11.6 Å². The van der Waals surface area contributed by atoms with Crippen LogP contribution in [0.15, 0.2) is 47.4 Å². The van der Waals surface area contributed by atoms with E-state index < -0.39 is 21.3 Å². The zero-order valence-electron chi connectivity index (χ0n) is 14.9. The summed E-state index contributed by atoms with van der Waals surface area (Å²) in [5.41, 5.74) is 0.333. The van der Waals surface area contributed by atoms with E-state index in [1.807, 2.05) is 0 Å². The van der Waals surface area contributed by atoms with Gasteiger partial charge in [0, 0.05) is 25.2 Å². The number of benzene rings is 2. The molecule has 27 heavy (non-hydrogen) atoms. The van der Waals surface area contributed by atoms with Crippen LogP contribution in [-0.2, 0) is 20.2 Å². The fraction of sp³-hybridized carbons (Fsp3) is 0.368. The van der Waals surface area contributed by atoms with E-state index in [1.54, 1.807) is 12.1 Å². The predicted octanol–water partition coefficient (Wildman–Crippen LogP) is 3.00. The van der Waals surface area contributed by atoms with Crippen LogP contribution in [0.1, 0.15) is 18.4 Å². The summed E-state index contributed by atoms with van der Waals surface area (Å²) >= 11 is 0. The van der Waals surface area contributed by atoms with Crippen molar-refractivity contribution in [2.75, 3.05) is 26.9 Å². The Morgan fingerprint density at radius 2 is 1.78 bits per heavy atom. The standard InChI is InChI=1S/C19H21F2NO4S/c1-25-18-7-6-16(12-17(18)21)27(23,24)22-13-19(8-10-26-11-9-19)14-2-4-15(20)5-3-14/h2-7,12,22H,8-11,13H2,1H3. The van der Waals surface area contributed by atoms with Gasteiger partial charge in [-0.3, -0.25) is 0 Å². The molecule has 0 aromatic heterocycles. The number of sulfonamides is 1. The quantitative estimate of drug-likeness (QED) is 0.814. The van der Waals surface area contributed by atoms with Crippen molar-refractivity contribution < 1.29 is 26.7 Å². The molecule has 0 bridgehead atoms. The molecular formula is C19H21F2NO4S. The number of ether oxygens (including phenoxy) is 2. The summed E-state index contributed by atoms with van der Waals surface area (Å²) < 4.78 is 65.3. The van der Waals surface area contributed by atoms with Gasteiger partial charge < -0.3 is 9.47 Å². The van der Waals surface area contributed by atoms with Gasteiger partial charge in [0.1, 0.15) is 5.82 Å². The molecule has 1 heterocycles. The van der Waals surface area contributed by atoms with Crippen molar-refractivity contribution in [2.45, 2.75) is 23.2 Å². The summed E-state index contributed by atoms with van der Waals surface area (Å²) in [4.78, 5) is -0.179. The van der Waals surface area contributed by atoms with E-state index in [0.29, 0.717) is 26.1 Å². The predicted molar refractivity (Wildman–Crippen MR) is 96.3 cm³/mol. The van der Waals surface area contributed by atoms with Gasteiger partial charge in [0.25, 0.3) is 0 Å². The lowest BCUT2D eigenvalue weighted by Crippen LogP contribution is -2.44. The second-order valence-corrected chi connectivity index (χ2v) is 8.29. The van der Waals surface area contributed by atoms with Gasteiger partial charge in [0.15, 0.2) is 11.6 Å². The Balaban J connectivity index is 1.84.